The van der Waals surface area contributed by atoms with Crippen LogP contribution < -0.4 is 24.8 Å². The second-order valence-corrected chi connectivity index (χ2v) is 5.53. The summed E-state index contributed by atoms with van der Waals surface area (Å²) >= 11 is 0. The smallest absolute Gasteiger partial charge is 1.00 e. The minimum Gasteiger partial charge on any atom is -1.00 e. The molecule has 95 valence electrons. The molecule has 0 spiro atoms. The fourth-order valence-corrected chi connectivity index (χ4v) is 3.48. The fraction of sp³-hybridized carbons (Fsp3) is 0.133. The maximum atomic E-state index is 3.47. The van der Waals surface area contributed by atoms with Crippen LogP contribution in [0.2, 0.25) is 0 Å². The molecule has 0 unspecified atom stereocenters. The van der Waals surface area contributed by atoms with Crippen molar-refractivity contribution in [1.29, 1.82) is 0 Å². The van der Waals surface area contributed by atoms with Gasteiger partial charge in [-0.1, -0.05) is 53.7 Å². The van der Waals surface area contributed by atoms with E-state index in [0.717, 1.165) is 0 Å². The van der Waals surface area contributed by atoms with Crippen LogP contribution in [0.4, 0.5) is 0 Å². The molecule has 1 aromatic carbocycles. The van der Waals surface area contributed by atoms with Crippen molar-refractivity contribution in [3.8, 4) is 0 Å². The van der Waals surface area contributed by atoms with Gasteiger partial charge in [-0.25, -0.2) is 0 Å². The van der Waals surface area contributed by atoms with Crippen LogP contribution in [-0.2, 0) is 26.2 Å². The summed E-state index contributed by atoms with van der Waals surface area (Å²) in [5, 5.41) is 2.85. The quantitative estimate of drug-likeness (QED) is 0.397. The maximum Gasteiger partial charge on any atom is 3.00 e. The van der Waals surface area contributed by atoms with Crippen molar-refractivity contribution in [3.63, 3.8) is 0 Å². The van der Waals surface area contributed by atoms with Crippen molar-refractivity contribution in [3.05, 3.63) is 64.5 Å². The Balaban J connectivity index is 0.00000108. The Morgan fingerprint density at radius 2 is 1.63 bits per heavy atom. The van der Waals surface area contributed by atoms with Gasteiger partial charge in [-0.3, -0.25) is 0 Å². The Kier molecular flexibility index (Phi) is 7.78. The summed E-state index contributed by atoms with van der Waals surface area (Å²) in [4.78, 5) is 0. The minimum absolute atomic E-state index is 0. The van der Waals surface area contributed by atoms with Crippen molar-refractivity contribution in [2.24, 2.45) is 0 Å². The van der Waals surface area contributed by atoms with Crippen molar-refractivity contribution in [2.75, 3.05) is 0 Å². The molecule has 1 aliphatic heterocycles. The zero-order chi connectivity index (χ0) is 11.1. The van der Waals surface area contributed by atoms with Crippen LogP contribution in [0.3, 0.4) is 0 Å². The van der Waals surface area contributed by atoms with Crippen LogP contribution in [0.15, 0.2) is 52.9 Å². The summed E-state index contributed by atoms with van der Waals surface area (Å²) in [6, 6.07) is 10.6. The molecule has 0 saturated carbocycles. The molecule has 0 atom stereocenters. The zero-order valence-electron chi connectivity index (χ0n) is 10.7. The maximum absolute atomic E-state index is 3.47. The van der Waals surface area contributed by atoms with Crippen molar-refractivity contribution in [1.82, 2.24) is 0 Å². The normalized spacial score (nSPS) is 16.2. The van der Waals surface area contributed by atoms with E-state index in [1.807, 2.05) is 0 Å². The first-order chi connectivity index (χ1) is 7.75. The first-order valence-corrected chi connectivity index (χ1v) is 6.33. The number of allylic oxidation sites excluding steroid dienone is 6. The summed E-state index contributed by atoms with van der Waals surface area (Å²) in [6.07, 6.45) is 5.72. The SMILES string of the molecule is CC1=[C-]C2=C(c3ccccc3)C(C)=PC2=C1.[Cl-].[Cl-].[Zr+3]. The molecular formula is C15H12Cl2PZr. The number of halogens is 2. The molecule has 1 radical (unpaired) electrons. The Bertz CT molecular complexity index is 583. The van der Waals surface area contributed by atoms with Crippen LogP contribution >= 0.6 is 8.20 Å². The van der Waals surface area contributed by atoms with Gasteiger partial charge < -0.3 is 24.8 Å². The van der Waals surface area contributed by atoms with Gasteiger partial charge in [0.1, 0.15) is 0 Å². The van der Waals surface area contributed by atoms with E-state index in [1.54, 1.807) is 0 Å². The van der Waals surface area contributed by atoms with Crippen LogP contribution in [0.25, 0.3) is 5.57 Å². The summed E-state index contributed by atoms with van der Waals surface area (Å²) in [5.74, 6) is 0. The molecule has 19 heavy (non-hydrogen) atoms. The van der Waals surface area contributed by atoms with Gasteiger partial charge in [-0.2, -0.15) is 6.08 Å². The molecule has 0 fully saturated rings. The molecule has 1 aromatic rings. The summed E-state index contributed by atoms with van der Waals surface area (Å²) < 4.78 is 0. The average molecular weight is 385 g/mol. The molecule has 3 rings (SSSR count). The molecule has 4 heteroatoms. The van der Waals surface area contributed by atoms with Gasteiger partial charge in [-0.15, -0.1) is 30.7 Å². The molecule has 0 N–H and O–H groups in total. The van der Waals surface area contributed by atoms with E-state index in [2.05, 4.69) is 56.3 Å². The molecule has 2 aliphatic rings. The molecule has 0 amide bonds. The largest absolute Gasteiger partial charge is 3.00 e. The summed E-state index contributed by atoms with van der Waals surface area (Å²) in [7, 11) is 1.35. The number of benzene rings is 1. The second-order valence-electron chi connectivity index (χ2n) is 4.15. The van der Waals surface area contributed by atoms with E-state index in [9.17, 15) is 0 Å². The van der Waals surface area contributed by atoms with Gasteiger partial charge in [0.15, 0.2) is 0 Å². The van der Waals surface area contributed by atoms with E-state index in [4.69, 9.17) is 0 Å². The van der Waals surface area contributed by atoms with Gasteiger partial charge in [0.05, 0.1) is 0 Å². The van der Waals surface area contributed by atoms with Crippen molar-refractivity contribution >= 4 is 19.1 Å². The third-order valence-corrected chi connectivity index (χ3v) is 4.05. The number of rotatable bonds is 1. The second kappa shape index (κ2) is 7.75. The minimum atomic E-state index is 0. The van der Waals surface area contributed by atoms with E-state index in [-0.39, 0.29) is 51.0 Å². The Labute approximate surface area is 147 Å². The van der Waals surface area contributed by atoms with Crippen molar-refractivity contribution in [2.45, 2.75) is 13.8 Å². The first kappa shape index (κ1) is 19.1. The Morgan fingerprint density at radius 1 is 1.00 bits per heavy atom. The zero-order valence-corrected chi connectivity index (χ0v) is 15.5. The van der Waals surface area contributed by atoms with Gasteiger partial charge >= 0.3 is 26.2 Å². The number of hydrogen-bond acceptors (Lipinski definition) is 0. The van der Waals surface area contributed by atoms with E-state index < -0.39 is 0 Å². The van der Waals surface area contributed by atoms with E-state index in [1.165, 1.54) is 41.1 Å². The van der Waals surface area contributed by atoms with Crippen molar-refractivity contribution < 1.29 is 51.0 Å². The van der Waals surface area contributed by atoms with Crippen LogP contribution in [-0.4, -0.2) is 5.29 Å². The van der Waals surface area contributed by atoms with Crippen LogP contribution in [0.5, 0.6) is 0 Å². The summed E-state index contributed by atoms with van der Waals surface area (Å²) in [5.41, 5.74) is 5.25. The van der Waals surface area contributed by atoms with Gasteiger partial charge in [0.2, 0.25) is 0 Å². The van der Waals surface area contributed by atoms with Gasteiger partial charge in [-0.05, 0) is 6.92 Å². The van der Waals surface area contributed by atoms with Crippen LogP contribution in [0, 0.1) is 6.08 Å². The van der Waals surface area contributed by atoms with Crippen LogP contribution in [0.1, 0.15) is 19.4 Å². The van der Waals surface area contributed by atoms with Gasteiger partial charge in [0, 0.05) is 0 Å². The molecule has 0 saturated heterocycles. The predicted octanol–water partition coefficient (Wildman–Crippen LogP) is -1.76. The first-order valence-electron chi connectivity index (χ1n) is 5.44. The molecule has 1 aliphatic carbocycles. The Morgan fingerprint density at radius 3 is 2.26 bits per heavy atom. The number of hydrogen-bond donors (Lipinski definition) is 0. The number of fused-ring (bicyclic) bond motifs is 1. The third kappa shape index (κ3) is 3.59. The van der Waals surface area contributed by atoms with E-state index in [0.29, 0.717) is 0 Å². The molecule has 0 bridgehead atoms. The monoisotopic (exact) mass is 383 g/mol. The topological polar surface area (TPSA) is 0 Å². The average Bonchev–Trinajstić information content (AvgIpc) is 2.74. The Hall–Kier alpha value is 0.0731. The standard InChI is InChI=1S/C15H12P.2ClH.Zr/c1-10-8-13-14(9-10)16-11(2)15(13)12-6-4-3-5-7-12;;;/h3-7,9H,1-2H3;2*1H;/q-1;;;+3/p-2. The fourth-order valence-electron chi connectivity index (χ4n) is 2.23. The summed E-state index contributed by atoms with van der Waals surface area (Å²) in [6.45, 7) is 4.33. The van der Waals surface area contributed by atoms with E-state index >= 15 is 0 Å². The van der Waals surface area contributed by atoms with Gasteiger partial charge in [0.25, 0.3) is 0 Å². The third-order valence-electron chi connectivity index (χ3n) is 2.89. The molecule has 0 nitrogen and oxygen atoms in total. The molecule has 0 aromatic heterocycles. The molecular weight excluding hydrogens is 373 g/mol. The molecule has 1 heterocycles. The predicted molar refractivity (Wildman–Crippen MR) is 71.5 cm³/mol.